The SMILES string of the molecule is Cc1nc([C@@H](Cc2c[nH]c3ccccc23)NC(=O)OC(C)(C)C)oc1C. The highest BCUT2D eigenvalue weighted by molar-refractivity contribution is 5.83. The minimum Gasteiger partial charge on any atom is -0.444 e. The monoisotopic (exact) mass is 355 g/mol. The van der Waals surface area contributed by atoms with Gasteiger partial charge in [-0.15, -0.1) is 0 Å². The molecule has 2 aromatic heterocycles. The Labute approximate surface area is 153 Å². The molecule has 26 heavy (non-hydrogen) atoms. The van der Waals surface area contributed by atoms with E-state index in [9.17, 15) is 4.79 Å². The number of nitrogens with one attached hydrogen (secondary N) is 2. The Hall–Kier alpha value is -2.76. The molecule has 138 valence electrons. The van der Waals surface area contributed by atoms with Gasteiger partial charge >= 0.3 is 6.09 Å². The van der Waals surface area contributed by atoms with Gasteiger partial charge in [0.15, 0.2) is 0 Å². The topological polar surface area (TPSA) is 80.2 Å². The average Bonchev–Trinajstić information content (AvgIpc) is 3.09. The summed E-state index contributed by atoms with van der Waals surface area (Å²) in [5.41, 5.74) is 2.38. The lowest BCUT2D eigenvalue weighted by molar-refractivity contribution is 0.0495. The number of hydrogen-bond donors (Lipinski definition) is 2. The summed E-state index contributed by atoms with van der Waals surface area (Å²) in [6.45, 7) is 9.25. The Kier molecular flexibility index (Phi) is 4.76. The number of aromatic nitrogens is 2. The van der Waals surface area contributed by atoms with Crippen LogP contribution in [0.15, 0.2) is 34.9 Å². The zero-order valence-electron chi connectivity index (χ0n) is 15.8. The molecule has 1 atom stereocenters. The molecule has 0 spiro atoms. The summed E-state index contributed by atoms with van der Waals surface area (Å²) in [5.74, 6) is 1.23. The molecule has 2 N–H and O–H groups in total. The number of ether oxygens (including phenoxy) is 1. The van der Waals surface area contributed by atoms with Gasteiger partial charge in [-0.1, -0.05) is 18.2 Å². The number of aromatic amines is 1. The van der Waals surface area contributed by atoms with Crippen LogP contribution in [0.5, 0.6) is 0 Å². The van der Waals surface area contributed by atoms with Crippen LogP contribution in [0, 0.1) is 13.8 Å². The first-order chi connectivity index (χ1) is 12.2. The number of amides is 1. The third-order valence-electron chi connectivity index (χ3n) is 4.13. The Morgan fingerprint density at radius 1 is 1.31 bits per heavy atom. The maximum Gasteiger partial charge on any atom is 0.408 e. The van der Waals surface area contributed by atoms with Crippen molar-refractivity contribution in [3.05, 3.63) is 53.4 Å². The first-order valence-corrected chi connectivity index (χ1v) is 8.71. The van der Waals surface area contributed by atoms with E-state index in [1.807, 2.05) is 59.0 Å². The van der Waals surface area contributed by atoms with E-state index in [-0.39, 0.29) is 0 Å². The van der Waals surface area contributed by atoms with E-state index in [1.165, 1.54) is 0 Å². The van der Waals surface area contributed by atoms with E-state index in [1.54, 1.807) is 0 Å². The summed E-state index contributed by atoms with van der Waals surface area (Å²) in [6, 6.07) is 7.64. The van der Waals surface area contributed by atoms with Crippen molar-refractivity contribution >= 4 is 17.0 Å². The lowest BCUT2D eigenvalue weighted by atomic mass is 10.0. The second kappa shape index (κ2) is 6.86. The maximum absolute atomic E-state index is 12.3. The number of carbonyl (C=O) groups excluding carboxylic acids is 1. The van der Waals surface area contributed by atoms with E-state index in [0.29, 0.717) is 12.3 Å². The van der Waals surface area contributed by atoms with Gasteiger partial charge in [0.25, 0.3) is 0 Å². The third kappa shape index (κ3) is 4.07. The van der Waals surface area contributed by atoms with E-state index < -0.39 is 17.7 Å². The normalized spacial score (nSPS) is 13.0. The molecule has 2 heterocycles. The summed E-state index contributed by atoms with van der Waals surface area (Å²) < 4.78 is 11.2. The van der Waals surface area contributed by atoms with Gasteiger partial charge in [0, 0.05) is 23.5 Å². The number of nitrogens with zero attached hydrogens (tertiary/aromatic N) is 1. The molecule has 3 rings (SSSR count). The van der Waals surface area contributed by atoms with Crippen LogP contribution in [-0.4, -0.2) is 21.7 Å². The zero-order chi connectivity index (χ0) is 18.9. The van der Waals surface area contributed by atoms with Crippen molar-refractivity contribution in [1.29, 1.82) is 0 Å². The van der Waals surface area contributed by atoms with E-state index >= 15 is 0 Å². The van der Waals surface area contributed by atoms with Gasteiger partial charge in [0.1, 0.15) is 17.4 Å². The van der Waals surface area contributed by atoms with Crippen molar-refractivity contribution in [3.8, 4) is 0 Å². The van der Waals surface area contributed by atoms with Gasteiger partial charge in [-0.3, -0.25) is 0 Å². The summed E-state index contributed by atoms with van der Waals surface area (Å²) in [7, 11) is 0. The van der Waals surface area contributed by atoms with Crippen LogP contribution in [0.2, 0.25) is 0 Å². The number of benzene rings is 1. The molecule has 0 aliphatic rings. The number of para-hydroxylation sites is 1. The highest BCUT2D eigenvalue weighted by atomic mass is 16.6. The highest BCUT2D eigenvalue weighted by Crippen LogP contribution is 2.25. The molecule has 0 radical (unpaired) electrons. The highest BCUT2D eigenvalue weighted by Gasteiger charge is 2.25. The number of alkyl carbamates (subject to hydrolysis) is 1. The maximum atomic E-state index is 12.3. The summed E-state index contributed by atoms with van der Waals surface area (Å²) in [6.07, 6.45) is 2.01. The Balaban J connectivity index is 1.88. The van der Waals surface area contributed by atoms with Crippen molar-refractivity contribution in [2.24, 2.45) is 0 Å². The second-order valence-corrected chi connectivity index (χ2v) is 7.46. The van der Waals surface area contributed by atoms with Crippen LogP contribution in [0.1, 0.15) is 49.7 Å². The molecule has 0 unspecified atom stereocenters. The molecule has 0 fully saturated rings. The van der Waals surface area contributed by atoms with Crippen molar-refractivity contribution in [3.63, 3.8) is 0 Å². The summed E-state index contributed by atoms with van der Waals surface area (Å²) >= 11 is 0. The molecule has 1 amide bonds. The molecular weight excluding hydrogens is 330 g/mol. The first-order valence-electron chi connectivity index (χ1n) is 8.71. The molecule has 6 nitrogen and oxygen atoms in total. The minimum absolute atomic E-state index is 0.420. The van der Waals surface area contributed by atoms with E-state index in [2.05, 4.69) is 21.4 Å². The van der Waals surface area contributed by atoms with Crippen LogP contribution in [0.4, 0.5) is 4.79 Å². The number of hydrogen-bond acceptors (Lipinski definition) is 4. The van der Waals surface area contributed by atoms with Gasteiger partial charge in [-0.2, -0.15) is 0 Å². The predicted octanol–water partition coefficient (Wildman–Crippen LogP) is 4.58. The minimum atomic E-state index is -0.572. The standard InChI is InChI=1S/C20H25N3O3/c1-12-13(2)25-18(22-12)17(23-19(24)26-20(3,4)5)10-14-11-21-16-9-7-6-8-15(14)16/h6-9,11,17,21H,10H2,1-5H3,(H,23,24)/t17-/m1/s1. The number of H-pyrrole nitrogens is 1. The fourth-order valence-electron chi connectivity index (χ4n) is 2.82. The van der Waals surface area contributed by atoms with Crippen molar-refractivity contribution in [2.75, 3.05) is 0 Å². The third-order valence-corrected chi connectivity index (χ3v) is 4.13. The molecule has 0 saturated heterocycles. The predicted molar refractivity (Wildman–Crippen MR) is 100 cm³/mol. The Morgan fingerprint density at radius 2 is 2.04 bits per heavy atom. The first kappa shape index (κ1) is 18.0. The number of aryl methyl sites for hydroxylation is 2. The number of carbonyl (C=O) groups is 1. The fourth-order valence-corrected chi connectivity index (χ4v) is 2.82. The molecule has 6 heteroatoms. The van der Waals surface area contributed by atoms with Crippen LogP contribution < -0.4 is 5.32 Å². The Bertz CT molecular complexity index is 898. The van der Waals surface area contributed by atoms with Gasteiger partial charge < -0.3 is 19.5 Å². The lowest BCUT2D eigenvalue weighted by Gasteiger charge is -2.22. The molecule has 1 aromatic carbocycles. The van der Waals surface area contributed by atoms with Crippen LogP contribution in [-0.2, 0) is 11.2 Å². The van der Waals surface area contributed by atoms with Crippen LogP contribution in [0.3, 0.4) is 0 Å². The smallest absolute Gasteiger partial charge is 0.408 e. The van der Waals surface area contributed by atoms with Crippen LogP contribution >= 0.6 is 0 Å². The molecule has 0 aliphatic heterocycles. The molecule has 0 saturated carbocycles. The summed E-state index contributed by atoms with van der Waals surface area (Å²) in [4.78, 5) is 20.0. The van der Waals surface area contributed by atoms with Crippen molar-refractivity contribution in [1.82, 2.24) is 15.3 Å². The average molecular weight is 355 g/mol. The van der Waals surface area contributed by atoms with Gasteiger partial charge in [-0.05, 0) is 46.2 Å². The molecule has 3 aromatic rings. The van der Waals surface area contributed by atoms with E-state index in [4.69, 9.17) is 9.15 Å². The zero-order valence-corrected chi connectivity index (χ0v) is 15.8. The largest absolute Gasteiger partial charge is 0.444 e. The second-order valence-electron chi connectivity index (χ2n) is 7.46. The van der Waals surface area contributed by atoms with Crippen LogP contribution in [0.25, 0.3) is 10.9 Å². The molecule has 0 bridgehead atoms. The molecular formula is C20H25N3O3. The quantitative estimate of drug-likeness (QED) is 0.718. The van der Waals surface area contributed by atoms with Gasteiger partial charge in [-0.25, -0.2) is 9.78 Å². The summed E-state index contributed by atoms with van der Waals surface area (Å²) in [5, 5.41) is 4.02. The van der Waals surface area contributed by atoms with E-state index in [0.717, 1.165) is 27.9 Å². The van der Waals surface area contributed by atoms with Crippen molar-refractivity contribution < 1.29 is 13.9 Å². The number of oxazole rings is 1. The Morgan fingerprint density at radius 3 is 2.69 bits per heavy atom. The van der Waals surface area contributed by atoms with Gasteiger partial charge in [0.2, 0.25) is 5.89 Å². The lowest BCUT2D eigenvalue weighted by Crippen LogP contribution is -2.36. The number of rotatable bonds is 4. The van der Waals surface area contributed by atoms with Crippen molar-refractivity contribution in [2.45, 2.75) is 52.7 Å². The van der Waals surface area contributed by atoms with Gasteiger partial charge in [0.05, 0.1) is 5.69 Å². The fraction of sp³-hybridized carbons (Fsp3) is 0.400. The number of fused-ring (bicyclic) bond motifs is 1. The molecule has 0 aliphatic carbocycles.